The Morgan fingerprint density at radius 2 is 1.88 bits per heavy atom. The van der Waals surface area contributed by atoms with Crippen molar-refractivity contribution in [1.29, 1.82) is 0 Å². The molecule has 1 aromatic heterocycles. The molecular weight excluding hydrogens is 329 g/mol. The molecule has 25 heavy (non-hydrogen) atoms. The summed E-state index contributed by atoms with van der Waals surface area (Å²) in [6.45, 7) is 3.31. The molecule has 1 aromatic carbocycles. The highest BCUT2D eigenvalue weighted by Crippen LogP contribution is 2.12. The van der Waals surface area contributed by atoms with Gasteiger partial charge < -0.3 is 19.5 Å². The van der Waals surface area contributed by atoms with E-state index in [0.29, 0.717) is 38.3 Å². The molecule has 0 aliphatic carbocycles. The summed E-state index contributed by atoms with van der Waals surface area (Å²) in [5.41, 5.74) is -0.0798. The number of hydrogen-bond acceptors (Lipinski definition) is 4. The number of halogens is 1. The maximum absolute atomic E-state index is 13.4. The highest BCUT2D eigenvalue weighted by molar-refractivity contribution is 5.97. The van der Waals surface area contributed by atoms with Crippen LogP contribution < -0.4 is 5.43 Å². The zero-order valence-corrected chi connectivity index (χ0v) is 13.8. The lowest BCUT2D eigenvalue weighted by Crippen LogP contribution is -2.51. The van der Waals surface area contributed by atoms with Gasteiger partial charge in [0.25, 0.3) is 5.91 Å². The van der Waals surface area contributed by atoms with Crippen molar-refractivity contribution in [3.63, 3.8) is 0 Å². The quantitative estimate of drug-likeness (QED) is 0.894. The number of aromatic nitrogens is 1. The first-order valence-electron chi connectivity index (χ1n) is 8.03. The molecule has 0 saturated carbocycles. The maximum Gasteiger partial charge on any atom is 0.409 e. The van der Waals surface area contributed by atoms with Crippen LogP contribution >= 0.6 is 0 Å². The molecule has 8 heteroatoms. The lowest BCUT2D eigenvalue weighted by atomic mass is 10.1. The van der Waals surface area contributed by atoms with Crippen LogP contribution in [0.5, 0.6) is 0 Å². The number of carbonyl (C=O) groups excluding carboxylic acids is 2. The summed E-state index contributed by atoms with van der Waals surface area (Å²) >= 11 is 0. The summed E-state index contributed by atoms with van der Waals surface area (Å²) in [4.78, 5) is 42.7. The number of nitrogens with zero attached hydrogens (tertiary/aromatic N) is 2. The van der Waals surface area contributed by atoms with Gasteiger partial charge in [0.15, 0.2) is 0 Å². The van der Waals surface area contributed by atoms with E-state index in [9.17, 15) is 18.8 Å². The van der Waals surface area contributed by atoms with Crippen LogP contribution in [-0.4, -0.2) is 59.6 Å². The number of rotatable bonds is 2. The summed E-state index contributed by atoms with van der Waals surface area (Å²) in [5.74, 6) is -0.971. The van der Waals surface area contributed by atoms with E-state index in [-0.39, 0.29) is 10.9 Å². The molecule has 2 heterocycles. The van der Waals surface area contributed by atoms with E-state index in [4.69, 9.17) is 4.74 Å². The highest BCUT2D eigenvalue weighted by Gasteiger charge is 2.27. The summed E-state index contributed by atoms with van der Waals surface area (Å²) in [6.07, 6.45) is 0.941. The fourth-order valence-electron chi connectivity index (χ4n) is 2.83. The highest BCUT2D eigenvalue weighted by atomic mass is 19.1. The van der Waals surface area contributed by atoms with Crippen molar-refractivity contribution in [2.75, 3.05) is 32.8 Å². The van der Waals surface area contributed by atoms with Crippen molar-refractivity contribution in [3.05, 3.63) is 46.0 Å². The van der Waals surface area contributed by atoms with Gasteiger partial charge in [-0.25, -0.2) is 9.18 Å². The maximum atomic E-state index is 13.4. The monoisotopic (exact) mass is 347 g/mol. The van der Waals surface area contributed by atoms with E-state index in [2.05, 4.69) is 4.98 Å². The van der Waals surface area contributed by atoms with E-state index >= 15 is 0 Å². The van der Waals surface area contributed by atoms with Crippen molar-refractivity contribution in [1.82, 2.24) is 14.8 Å². The molecule has 1 aliphatic rings. The Balaban J connectivity index is 1.78. The van der Waals surface area contributed by atoms with Crippen LogP contribution in [0.2, 0.25) is 0 Å². The van der Waals surface area contributed by atoms with E-state index in [1.54, 1.807) is 6.92 Å². The Bertz CT molecular complexity index is 872. The van der Waals surface area contributed by atoms with Crippen LogP contribution in [0.3, 0.4) is 0 Å². The molecule has 1 fully saturated rings. The van der Waals surface area contributed by atoms with Crippen LogP contribution in [0.15, 0.2) is 29.2 Å². The first-order valence-corrected chi connectivity index (χ1v) is 8.03. The molecule has 7 nitrogen and oxygen atoms in total. The van der Waals surface area contributed by atoms with Crippen LogP contribution in [0.25, 0.3) is 10.9 Å². The fraction of sp³-hybridized carbons (Fsp3) is 0.353. The largest absolute Gasteiger partial charge is 0.450 e. The molecule has 1 N–H and O–H groups in total. The first-order chi connectivity index (χ1) is 12.0. The van der Waals surface area contributed by atoms with Gasteiger partial charge in [0.1, 0.15) is 11.4 Å². The van der Waals surface area contributed by atoms with E-state index < -0.39 is 23.2 Å². The second-order valence-electron chi connectivity index (χ2n) is 5.70. The number of nitrogens with one attached hydrogen (secondary N) is 1. The topological polar surface area (TPSA) is 82.7 Å². The molecule has 1 aliphatic heterocycles. The third-order valence-electron chi connectivity index (χ3n) is 4.17. The third kappa shape index (κ3) is 3.33. The summed E-state index contributed by atoms with van der Waals surface area (Å²) in [5, 5.41) is 0.135. The van der Waals surface area contributed by atoms with Gasteiger partial charge in [0.2, 0.25) is 5.43 Å². The third-order valence-corrected chi connectivity index (χ3v) is 4.17. The Kier molecular flexibility index (Phi) is 4.69. The van der Waals surface area contributed by atoms with Gasteiger partial charge in [-0.05, 0) is 25.1 Å². The average Bonchev–Trinajstić information content (AvgIpc) is 2.62. The van der Waals surface area contributed by atoms with Gasteiger partial charge >= 0.3 is 6.09 Å². The Morgan fingerprint density at radius 1 is 1.20 bits per heavy atom. The molecule has 0 spiro atoms. The van der Waals surface area contributed by atoms with E-state index in [1.807, 2.05) is 0 Å². The normalized spacial score (nSPS) is 14.6. The Hall–Kier alpha value is -2.90. The SMILES string of the molecule is CCOC(=O)N1CCN(C(=O)c2c[nH]c3ccc(F)cc3c2=O)CC1. The van der Waals surface area contributed by atoms with Crippen LogP contribution in [0.1, 0.15) is 17.3 Å². The minimum atomic E-state index is -0.536. The lowest BCUT2D eigenvalue weighted by molar-refractivity contribution is 0.0569. The first kappa shape index (κ1) is 16.9. The van der Waals surface area contributed by atoms with E-state index in [0.717, 1.165) is 6.07 Å². The number of hydrogen-bond donors (Lipinski definition) is 1. The molecular formula is C17H18FN3O4. The average molecular weight is 347 g/mol. The van der Waals surface area contributed by atoms with Crippen molar-refractivity contribution < 1.29 is 18.7 Å². The summed E-state index contributed by atoms with van der Waals surface area (Å²) < 4.78 is 18.3. The van der Waals surface area contributed by atoms with Crippen molar-refractivity contribution in [2.45, 2.75) is 6.92 Å². The van der Waals surface area contributed by atoms with Gasteiger partial charge in [-0.15, -0.1) is 0 Å². The minimum Gasteiger partial charge on any atom is -0.450 e. The zero-order valence-electron chi connectivity index (χ0n) is 13.8. The molecule has 3 rings (SSSR count). The van der Waals surface area contributed by atoms with Gasteiger partial charge in [-0.1, -0.05) is 0 Å². The van der Waals surface area contributed by atoms with Gasteiger partial charge in [-0.3, -0.25) is 9.59 Å². The second kappa shape index (κ2) is 6.92. The molecule has 2 amide bonds. The summed E-state index contributed by atoms with van der Waals surface area (Å²) in [6, 6.07) is 3.82. The van der Waals surface area contributed by atoms with Crippen LogP contribution in [0, 0.1) is 5.82 Å². The van der Waals surface area contributed by atoms with Crippen molar-refractivity contribution >= 4 is 22.9 Å². The predicted molar refractivity (Wildman–Crippen MR) is 89.0 cm³/mol. The lowest BCUT2D eigenvalue weighted by Gasteiger charge is -2.33. The number of benzene rings is 1. The fourth-order valence-corrected chi connectivity index (χ4v) is 2.83. The number of aromatic amines is 1. The number of H-pyrrole nitrogens is 1. The Morgan fingerprint density at radius 3 is 2.56 bits per heavy atom. The molecule has 0 atom stereocenters. The number of fused-ring (bicyclic) bond motifs is 1. The van der Waals surface area contributed by atoms with Crippen molar-refractivity contribution in [3.8, 4) is 0 Å². The molecule has 0 radical (unpaired) electrons. The van der Waals surface area contributed by atoms with Crippen LogP contribution in [0.4, 0.5) is 9.18 Å². The zero-order chi connectivity index (χ0) is 18.0. The van der Waals surface area contributed by atoms with Gasteiger partial charge in [0.05, 0.1) is 6.61 Å². The molecule has 2 aromatic rings. The molecule has 1 saturated heterocycles. The molecule has 0 unspecified atom stereocenters. The predicted octanol–water partition coefficient (Wildman–Crippen LogP) is 1.58. The van der Waals surface area contributed by atoms with Crippen LogP contribution in [-0.2, 0) is 4.74 Å². The number of amides is 2. The Labute approximate surface area is 143 Å². The second-order valence-corrected chi connectivity index (χ2v) is 5.70. The number of carbonyl (C=O) groups is 2. The molecule has 0 bridgehead atoms. The number of pyridine rings is 1. The summed E-state index contributed by atoms with van der Waals surface area (Å²) in [7, 11) is 0. The van der Waals surface area contributed by atoms with Gasteiger partial charge in [0, 0.05) is 43.3 Å². The van der Waals surface area contributed by atoms with Gasteiger partial charge in [-0.2, -0.15) is 0 Å². The number of ether oxygens (including phenoxy) is 1. The standard InChI is InChI=1S/C17H18FN3O4/c1-2-25-17(24)21-7-5-20(6-8-21)16(23)13-10-19-14-4-3-11(18)9-12(14)15(13)22/h3-4,9-10H,2,5-8H2,1H3,(H,19,22). The smallest absolute Gasteiger partial charge is 0.409 e. The number of piperazine rings is 1. The minimum absolute atomic E-state index is 0.0392. The van der Waals surface area contributed by atoms with Crippen molar-refractivity contribution in [2.24, 2.45) is 0 Å². The van der Waals surface area contributed by atoms with E-state index in [1.165, 1.54) is 28.1 Å². The molecule has 132 valence electrons.